The minimum atomic E-state index is -0.207. The van der Waals surface area contributed by atoms with Crippen LogP contribution in [0.15, 0.2) is 182 Å². The first kappa shape index (κ1) is 33.6. The molecular formula is C49H36N4S2. The Bertz CT molecular complexity index is 2570. The van der Waals surface area contributed by atoms with Crippen LogP contribution in [0.3, 0.4) is 0 Å². The van der Waals surface area contributed by atoms with Crippen LogP contribution in [-0.4, -0.2) is 26.5 Å². The molecule has 1 spiro atoms. The average molecular weight is 745 g/mol. The van der Waals surface area contributed by atoms with E-state index in [4.69, 9.17) is 15.0 Å². The van der Waals surface area contributed by atoms with Crippen molar-refractivity contribution in [3.05, 3.63) is 193 Å². The summed E-state index contributed by atoms with van der Waals surface area (Å²) >= 11 is 4.16. The highest BCUT2D eigenvalue weighted by Crippen LogP contribution is 2.63. The summed E-state index contributed by atoms with van der Waals surface area (Å²) in [7, 11) is 0. The molecule has 2 aliphatic rings. The van der Waals surface area contributed by atoms with Crippen LogP contribution >= 0.6 is 23.5 Å². The first-order valence-corrected chi connectivity index (χ1v) is 20.7. The van der Waals surface area contributed by atoms with Crippen LogP contribution in [0.4, 0.5) is 17.1 Å². The van der Waals surface area contributed by atoms with Crippen molar-refractivity contribution in [1.82, 2.24) is 15.0 Å². The summed E-state index contributed by atoms with van der Waals surface area (Å²) in [6.07, 6.45) is 1.21. The fraction of sp³-hybridized carbons (Fsp3) is 0.0816. The van der Waals surface area contributed by atoms with E-state index in [1.807, 2.05) is 60.7 Å². The molecule has 0 saturated carbocycles. The minimum absolute atomic E-state index is 0.207. The minimum Gasteiger partial charge on any atom is -0.310 e. The molecule has 0 bridgehead atoms. The summed E-state index contributed by atoms with van der Waals surface area (Å²) < 4.78 is -0.207. The van der Waals surface area contributed by atoms with Crippen LogP contribution in [0.5, 0.6) is 0 Å². The van der Waals surface area contributed by atoms with Gasteiger partial charge in [-0.3, -0.25) is 0 Å². The van der Waals surface area contributed by atoms with Crippen molar-refractivity contribution in [3.63, 3.8) is 0 Å². The summed E-state index contributed by atoms with van der Waals surface area (Å²) in [6, 6.07) is 64.7. The van der Waals surface area contributed by atoms with Gasteiger partial charge in [-0.1, -0.05) is 146 Å². The number of thioether (sulfide) groups is 2. The Morgan fingerprint density at radius 1 is 0.382 bits per heavy atom. The Morgan fingerprint density at radius 2 is 0.855 bits per heavy atom. The van der Waals surface area contributed by atoms with Crippen molar-refractivity contribution in [1.29, 1.82) is 0 Å². The van der Waals surface area contributed by atoms with Crippen molar-refractivity contribution in [3.8, 4) is 56.4 Å². The number of hydrogen-bond donors (Lipinski definition) is 0. The third kappa shape index (κ3) is 6.21. The second kappa shape index (κ2) is 14.4. The summed E-state index contributed by atoms with van der Waals surface area (Å²) in [5, 5.41) is 0. The Kier molecular flexibility index (Phi) is 8.78. The predicted molar refractivity (Wildman–Crippen MR) is 232 cm³/mol. The van der Waals surface area contributed by atoms with Crippen LogP contribution in [0.1, 0.15) is 17.5 Å². The van der Waals surface area contributed by atoms with E-state index in [0.29, 0.717) is 17.5 Å². The van der Waals surface area contributed by atoms with E-state index in [2.05, 4.69) is 150 Å². The molecule has 264 valence electrons. The summed E-state index contributed by atoms with van der Waals surface area (Å²) in [6.45, 7) is 0. The van der Waals surface area contributed by atoms with Crippen LogP contribution in [-0.2, 0) is 4.08 Å². The molecule has 1 aromatic heterocycles. The summed E-state index contributed by atoms with van der Waals surface area (Å²) in [4.78, 5) is 17.4. The molecule has 0 atom stereocenters. The van der Waals surface area contributed by atoms with E-state index in [1.165, 1.54) is 45.6 Å². The van der Waals surface area contributed by atoms with E-state index in [9.17, 15) is 0 Å². The number of rotatable bonds is 6. The molecule has 0 unspecified atom stereocenters. The molecule has 8 aromatic rings. The van der Waals surface area contributed by atoms with Crippen molar-refractivity contribution in [2.75, 3.05) is 16.4 Å². The summed E-state index contributed by atoms with van der Waals surface area (Å²) in [5.41, 5.74) is 13.9. The van der Waals surface area contributed by atoms with Gasteiger partial charge in [-0.2, -0.15) is 0 Å². The fourth-order valence-electron chi connectivity index (χ4n) is 7.73. The molecule has 10 rings (SSSR count). The van der Waals surface area contributed by atoms with Crippen molar-refractivity contribution >= 4 is 40.6 Å². The van der Waals surface area contributed by atoms with Crippen LogP contribution < -0.4 is 4.90 Å². The average Bonchev–Trinajstić information content (AvgIpc) is 3.28. The van der Waals surface area contributed by atoms with Crippen molar-refractivity contribution < 1.29 is 0 Å². The quantitative estimate of drug-likeness (QED) is 0.169. The van der Waals surface area contributed by atoms with Gasteiger partial charge in [-0.15, -0.1) is 23.5 Å². The number of hydrogen-bond acceptors (Lipinski definition) is 6. The van der Waals surface area contributed by atoms with E-state index < -0.39 is 0 Å². The molecule has 0 N–H and O–H groups in total. The maximum Gasteiger partial charge on any atom is 0.164 e. The molecule has 1 saturated heterocycles. The Labute approximate surface area is 330 Å². The van der Waals surface area contributed by atoms with Gasteiger partial charge in [-0.25, -0.2) is 15.0 Å². The Balaban J connectivity index is 1.09. The third-order valence-corrected chi connectivity index (χ3v) is 13.8. The molecule has 0 radical (unpaired) electrons. The zero-order valence-electron chi connectivity index (χ0n) is 30.0. The van der Waals surface area contributed by atoms with Gasteiger partial charge in [0.2, 0.25) is 0 Å². The second-order valence-corrected chi connectivity index (χ2v) is 16.7. The highest BCUT2D eigenvalue weighted by atomic mass is 32.2. The zero-order valence-corrected chi connectivity index (χ0v) is 31.7. The monoisotopic (exact) mass is 744 g/mol. The van der Waals surface area contributed by atoms with Gasteiger partial charge < -0.3 is 4.90 Å². The summed E-state index contributed by atoms with van der Waals surface area (Å²) in [5.74, 6) is 4.22. The number of fused-ring (bicyclic) bond motifs is 4. The van der Waals surface area contributed by atoms with Crippen LogP contribution in [0.25, 0.3) is 56.4 Å². The second-order valence-electron chi connectivity index (χ2n) is 13.8. The predicted octanol–water partition coefficient (Wildman–Crippen LogP) is 13.1. The molecule has 1 fully saturated rings. The van der Waals surface area contributed by atoms with Gasteiger partial charge in [0.1, 0.15) is 4.08 Å². The number of nitrogens with zero attached hydrogens (tertiary/aromatic N) is 4. The molecule has 3 heterocycles. The first-order valence-electron chi connectivity index (χ1n) is 18.7. The van der Waals surface area contributed by atoms with Crippen LogP contribution in [0.2, 0.25) is 0 Å². The molecule has 2 aliphatic heterocycles. The highest BCUT2D eigenvalue weighted by Gasteiger charge is 2.46. The van der Waals surface area contributed by atoms with Crippen molar-refractivity contribution in [2.45, 2.75) is 10.5 Å². The number of aromatic nitrogens is 3. The zero-order chi connectivity index (χ0) is 36.6. The molecule has 6 heteroatoms. The third-order valence-electron chi connectivity index (χ3n) is 10.4. The SMILES string of the molecule is c1ccc(-c2ccc(N3c4ccccc4C4(SCCCS4)c4cc(-c5cccc(-c6nc(-c7ccccc7)nc(-c7ccccc7)n6)c5)ccc43)cc2)cc1. The van der Waals surface area contributed by atoms with Crippen molar-refractivity contribution in [2.24, 2.45) is 0 Å². The topological polar surface area (TPSA) is 41.9 Å². The van der Waals surface area contributed by atoms with Crippen LogP contribution in [0, 0.1) is 0 Å². The van der Waals surface area contributed by atoms with Gasteiger partial charge in [0.05, 0.1) is 11.4 Å². The largest absolute Gasteiger partial charge is 0.310 e. The number of para-hydroxylation sites is 1. The first-order chi connectivity index (χ1) is 27.2. The van der Waals surface area contributed by atoms with Gasteiger partial charge in [0.25, 0.3) is 0 Å². The Hall–Kier alpha value is -5.95. The fourth-order valence-corrected chi connectivity index (χ4v) is 11.2. The molecule has 0 amide bonds. The van der Waals surface area contributed by atoms with Gasteiger partial charge in [0.15, 0.2) is 17.5 Å². The van der Waals surface area contributed by atoms with Gasteiger partial charge in [0, 0.05) is 33.5 Å². The normalized spacial score (nSPS) is 14.3. The number of anilines is 3. The maximum atomic E-state index is 5.03. The highest BCUT2D eigenvalue weighted by molar-refractivity contribution is 8.18. The number of benzene rings is 7. The lowest BCUT2D eigenvalue weighted by Gasteiger charge is -2.46. The lowest BCUT2D eigenvalue weighted by atomic mass is 9.90. The standard InChI is InChI=1S/C49H36N4S2/c1-4-14-34(15-5-1)35-24-27-41(28-25-35)53-44-23-11-10-22-42(44)49(54-30-13-31-55-49)43-33-39(26-29-45(43)53)38-20-12-21-40(32-38)48-51-46(36-16-6-2-7-17-36)50-47(52-48)37-18-8-3-9-19-37/h1-12,14-29,32-33H,13,30-31H2. The molecule has 7 aromatic carbocycles. The molecule has 4 nitrogen and oxygen atoms in total. The van der Waals surface area contributed by atoms with E-state index in [-0.39, 0.29) is 4.08 Å². The molecule has 55 heavy (non-hydrogen) atoms. The molecular weight excluding hydrogens is 709 g/mol. The van der Waals surface area contributed by atoms with E-state index in [1.54, 1.807) is 0 Å². The Morgan fingerprint density at radius 3 is 1.51 bits per heavy atom. The smallest absolute Gasteiger partial charge is 0.164 e. The van der Waals surface area contributed by atoms with Gasteiger partial charge in [-0.05, 0) is 76.6 Å². The van der Waals surface area contributed by atoms with E-state index in [0.717, 1.165) is 39.4 Å². The van der Waals surface area contributed by atoms with E-state index >= 15 is 0 Å². The molecule has 0 aliphatic carbocycles. The lowest BCUT2D eigenvalue weighted by Crippen LogP contribution is -2.33. The lowest BCUT2D eigenvalue weighted by molar-refractivity contribution is 0.971. The van der Waals surface area contributed by atoms with Gasteiger partial charge >= 0.3 is 0 Å². The maximum absolute atomic E-state index is 5.03.